The van der Waals surface area contributed by atoms with Crippen LogP contribution in [0, 0.1) is 0 Å². The van der Waals surface area contributed by atoms with Crippen molar-refractivity contribution in [2.75, 3.05) is 4.72 Å². The van der Waals surface area contributed by atoms with E-state index in [0.717, 1.165) is 5.56 Å². The Morgan fingerprint density at radius 2 is 1.74 bits per heavy atom. The first-order valence-corrected chi connectivity index (χ1v) is 8.63. The lowest BCUT2D eigenvalue weighted by atomic mass is 10.2. The van der Waals surface area contributed by atoms with Gasteiger partial charge in [-0.2, -0.15) is 5.10 Å². The van der Waals surface area contributed by atoms with E-state index < -0.39 is 10.0 Å². The highest BCUT2D eigenvalue weighted by molar-refractivity contribution is 7.92. The van der Waals surface area contributed by atoms with Gasteiger partial charge in [0.2, 0.25) is 0 Å². The molecule has 118 valence electrons. The van der Waals surface area contributed by atoms with Gasteiger partial charge in [0.1, 0.15) is 0 Å². The van der Waals surface area contributed by atoms with E-state index in [4.69, 9.17) is 23.2 Å². The third kappa shape index (κ3) is 3.47. The first kappa shape index (κ1) is 15.8. The van der Waals surface area contributed by atoms with Crippen LogP contribution in [0.15, 0.2) is 53.7 Å². The van der Waals surface area contributed by atoms with Gasteiger partial charge >= 0.3 is 0 Å². The molecule has 0 aliphatic rings. The zero-order chi connectivity index (χ0) is 16.4. The van der Waals surface area contributed by atoms with Gasteiger partial charge in [0.15, 0.2) is 5.82 Å². The highest BCUT2D eigenvalue weighted by atomic mass is 35.5. The summed E-state index contributed by atoms with van der Waals surface area (Å²) in [5, 5.41) is 7.16. The van der Waals surface area contributed by atoms with Crippen LogP contribution in [0.25, 0.3) is 11.3 Å². The van der Waals surface area contributed by atoms with Gasteiger partial charge in [0, 0.05) is 24.0 Å². The second-order valence-corrected chi connectivity index (χ2v) is 7.08. The number of aromatic nitrogens is 3. The van der Waals surface area contributed by atoms with Gasteiger partial charge < -0.3 is 0 Å². The molecule has 2 N–H and O–H groups in total. The van der Waals surface area contributed by atoms with E-state index in [2.05, 4.69) is 19.9 Å². The molecule has 0 aliphatic heterocycles. The summed E-state index contributed by atoms with van der Waals surface area (Å²) in [6, 6.07) is 9.22. The molecule has 6 nitrogen and oxygen atoms in total. The summed E-state index contributed by atoms with van der Waals surface area (Å²) in [4.78, 5) is 3.92. The molecule has 3 aromatic rings. The molecule has 0 saturated heterocycles. The number of pyridine rings is 1. The number of halogens is 2. The number of aromatic amines is 1. The van der Waals surface area contributed by atoms with Crippen LogP contribution in [0.2, 0.25) is 10.0 Å². The molecule has 0 fully saturated rings. The molecule has 1 aromatic carbocycles. The summed E-state index contributed by atoms with van der Waals surface area (Å²) >= 11 is 11.6. The Morgan fingerprint density at radius 3 is 2.43 bits per heavy atom. The van der Waals surface area contributed by atoms with Gasteiger partial charge in [0.05, 0.1) is 20.6 Å². The van der Waals surface area contributed by atoms with Crippen molar-refractivity contribution in [2.24, 2.45) is 0 Å². The molecule has 0 spiro atoms. The molecule has 0 saturated carbocycles. The highest BCUT2D eigenvalue weighted by Gasteiger charge is 2.17. The zero-order valence-corrected chi connectivity index (χ0v) is 13.8. The lowest BCUT2D eigenvalue weighted by molar-refractivity contribution is 0.601. The predicted octanol–water partition coefficient (Wildman–Crippen LogP) is 3.58. The number of nitrogens with zero attached hydrogens (tertiary/aromatic N) is 2. The van der Waals surface area contributed by atoms with Crippen molar-refractivity contribution in [3.8, 4) is 11.3 Å². The molecule has 0 amide bonds. The Morgan fingerprint density at radius 1 is 1.00 bits per heavy atom. The summed E-state index contributed by atoms with van der Waals surface area (Å²) in [5.41, 5.74) is 1.51. The van der Waals surface area contributed by atoms with Gasteiger partial charge in [-0.3, -0.25) is 14.8 Å². The van der Waals surface area contributed by atoms with E-state index in [-0.39, 0.29) is 20.8 Å². The van der Waals surface area contributed by atoms with Crippen LogP contribution in [0.3, 0.4) is 0 Å². The molecular formula is C14H10Cl2N4O2S. The number of sulfonamides is 1. The Hall–Kier alpha value is -2.09. The number of H-pyrrole nitrogens is 1. The molecular weight excluding hydrogens is 359 g/mol. The van der Waals surface area contributed by atoms with Crippen LogP contribution in [-0.4, -0.2) is 23.6 Å². The highest BCUT2D eigenvalue weighted by Crippen LogP contribution is 2.26. The summed E-state index contributed by atoms with van der Waals surface area (Å²) < 4.78 is 27.1. The summed E-state index contributed by atoms with van der Waals surface area (Å²) in [6.07, 6.45) is 3.27. The Kier molecular flexibility index (Phi) is 4.25. The van der Waals surface area contributed by atoms with Crippen LogP contribution in [0.4, 0.5) is 5.82 Å². The van der Waals surface area contributed by atoms with Gasteiger partial charge in [-0.15, -0.1) is 0 Å². The van der Waals surface area contributed by atoms with E-state index in [1.54, 1.807) is 30.6 Å². The summed E-state index contributed by atoms with van der Waals surface area (Å²) in [5.74, 6) is 0.169. The monoisotopic (exact) mass is 368 g/mol. The van der Waals surface area contributed by atoms with Crippen molar-refractivity contribution in [2.45, 2.75) is 4.90 Å². The Balaban J connectivity index is 1.86. The molecule has 9 heteroatoms. The number of anilines is 1. The number of hydrogen-bond acceptors (Lipinski definition) is 4. The SMILES string of the molecule is O=S(=O)(Nc1cc(-c2ccncc2)[nH]n1)c1ccc(Cl)c(Cl)c1. The zero-order valence-electron chi connectivity index (χ0n) is 11.5. The first-order valence-electron chi connectivity index (χ1n) is 6.39. The largest absolute Gasteiger partial charge is 0.276 e. The molecule has 0 unspecified atom stereocenters. The maximum absolute atomic E-state index is 12.3. The minimum absolute atomic E-state index is 0.000334. The van der Waals surface area contributed by atoms with Gasteiger partial charge in [-0.1, -0.05) is 23.2 Å². The topological polar surface area (TPSA) is 87.7 Å². The van der Waals surface area contributed by atoms with E-state index in [1.807, 2.05) is 0 Å². The van der Waals surface area contributed by atoms with Crippen LogP contribution in [0.1, 0.15) is 0 Å². The number of rotatable bonds is 4. The van der Waals surface area contributed by atoms with Crippen LogP contribution in [-0.2, 0) is 10.0 Å². The van der Waals surface area contributed by atoms with Crippen LogP contribution >= 0.6 is 23.2 Å². The van der Waals surface area contributed by atoms with Crippen molar-refractivity contribution in [3.05, 3.63) is 58.8 Å². The maximum atomic E-state index is 12.3. The van der Waals surface area contributed by atoms with Crippen molar-refractivity contribution >= 4 is 39.0 Å². The fourth-order valence-electron chi connectivity index (χ4n) is 1.89. The van der Waals surface area contributed by atoms with E-state index in [1.165, 1.54) is 18.2 Å². The fourth-order valence-corrected chi connectivity index (χ4v) is 3.27. The average molecular weight is 369 g/mol. The quantitative estimate of drug-likeness (QED) is 0.736. The van der Waals surface area contributed by atoms with Crippen molar-refractivity contribution in [1.29, 1.82) is 0 Å². The minimum atomic E-state index is -3.81. The van der Waals surface area contributed by atoms with Crippen molar-refractivity contribution < 1.29 is 8.42 Å². The molecule has 2 heterocycles. The molecule has 0 radical (unpaired) electrons. The number of nitrogens with one attached hydrogen (secondary N) is 2. The van der Waals surface area contributed by atoms with Gasteiger partial charge in [-0.05, 0) is 30.3 Å². The van der Waals surface area contributed by atoms with Crippen molar-refractivity contribution in [3.63, 3.8) is 0 Å². The van der Waals surface area contributed by atoms with Crippen LogP contribution < -0.4 is 4.72 Å². The summed E-state index contributed by atoms with van der Waals surface area (Å²) in [6.45, 7) is 0. The van der Waals surface area contributed by atoms with E-state index in [9.17, 15) is 8.42 Å². The predicted molar refractivity (Wildman–Crippen MR) is 89.1 cm³/mol. The third-order valence-corrected chi connectivity index (χ3v) is 5.10. The maximum Gasteiger partial charge on any atom is 0.263 e. The molecule has 23 heavy (non-hydrogen) atoms. The molecule has 0 atom stereocenters. The number of hydrogen-bond donors (Lipinski definition) is 2. The average Bonchev–Trinajstić information content (AvgIpc) is 2.98. The normalized spacial score (nSPS) is 11.4. The fraction of sp³-hybridized carbons (Fsp3) is 0. The standard InChI is InChI=1S/C14H10Cl2N4O2S/c15-11-2-1-10(7-12(11)16)23(21,22)20-14-8-13(18-19-14)9-3-5-17-6-4-9/h1-8H,(H2,18,19,20). The third-order valence-electron chi connectivity index (χ3n) is 3.01. The summed E-state index contributed by atoms with van der Waals surface area (Å²) in [7, 11) is -3.81. The van der Waals surface area contributed by atoms with Gasteiger partial charge in [-0.25, -0.2) is 8.42 Å². The lowest BCUT2D eigenvalue weighted by Crippen LogP contribution is -2.13. The molecule has 0 aliphatic carbocycles. The van der Waals surface area contributed by atoms with Gasteiger partial charge in [0.25, 0.3) is 10.0 Å². The Labute approximate surface area is 142 Å². The second-order valence-electron chi connectivity index (χ2n) is 4.58. The molecule has 0 bridgehead atoms. The second kappa shape index (κ2) is 6.19. The molecule has 3 rings (SSSR count). The van der Waals surface area contributed by atoms with E-state index in [0.29, 0.717) is 5.69 Å². The van der Waals surface area contributed by atoms with Crippen LogP contribution in [0.5, 0.6) is 0 Å². The molecule has 2 aromatic heterocycles. The number of benzene rings is 1. The minimum Gasteiger partial charge on any atom is -0.276 e. The lowest BCUT2D eigenvalue weighted by Gasteiger charge is -2.06. The van der Waals surface area contributed by atoms with Crippen molar-refractivity contribution in [1.82, 2.24) is 15.2 Å². The first-order chi connectivity index (χ1) is 11.0. The Bertz CT molecular complexity index is 942. The van der Waals surface area contributed by atoms with E-state index >= 15 is 0 Å². The smallest absolute Gasteiger partial charge is 0.263 e.